The minimum Gasteiger partial charge on any atom is -0.399 e. The fourth-order valence-electron chi connectivity index (χ4n) is 5.33. The number of Topliss-reactive ketones (excluding diaryl/α,β-unsaturated/α-hetero) is 2. The fourth-order valence-corrected chi connectivity index (χ4v) is 5.95. The molecule has 2 aliphatic rings. The number of nitrogens with two attached hydrogens (primary N) is 1. The number of nitrogens with one attached hydrogen (secondary N) is 3. The first-order chi connectivity index (χ1) is 23.4. The van der Waals surface area contributed by atoms with Crippen molar-refractivity contribution >= 4 is 79.1 Å². The van der Waals surface area contributed by atoms with Gasteiger partial charge in [-0.05, 0) is 113 Å². The number of benzene rings is 4. The summed E-state index contributed by atoms with van der Waals surface area (Å²) in [4.78, 5) is 23.5. The highest BCUT2D eigenvalue weighted by molar-refractivity contribution is 9.10. The van der Waals surface area contributed by atoms with E-state index in [1.54, 1.807) is 18.2 Å². The summed E-state index contributed by atoms with van der Waals surface area (Å²) in [5, 5.41) is 11.2. The zero-order valence-electron chi connectivity index (χ0n) is 28.4. The Bertz CT molecular complexity index is 1870. The van der Waals surface area contributed by atoms with Crippen molar-refractivity contribution in [3.8, 4) is 0 Å². The molecule has 0 radical (unpaired) electrons. The number of anilines is 5. The van der Waals surface area contributed by atoms with Crippen LogP contribution in [-0.4, -0.2) is 11.6 Å². The number of allylic oxidation sites excluding steroid dienone is 4. The van der Waals surface area contributed by atoms with Crippen molar-refractivity contribution in [3.05, 3.63) is 133 Å². The maximum Gasteiger partial charge on any atom is 0.160 e. The number of rotatable bonds is 6. The van der Waals surface area contributed by atoms with E-state index in [-0.39, 0.29) is 11.6 Å². The summed E-state index contributed by atoms with van der Waals surface area (Å²) in [6.45, 7) is 7.88. The Labute approximate surface area is 308 Å². The third-order valence-corrected chi connectivity index (χ3v) is 9.98. The molecule has 0 saturated heterocycles. The number of hydrogen-bond acceptors (Lipinski definition) is 6. The summed E-state index contributed by atoms with van der Waals surface area (Å²) in [5.41, 5.74) is 16.0. The smallest absolute Gasteiger partial charge is 0.160 e. The van der Waals surface area contributed by atoms with Crippen LogP contribution in [0.25, 0.3) is 0 Å². The summed E-state index contributed by atoms with van der Waals surface area (Å²) in [7, 11) is 0. The molecule has 0 atom stereocenters. The van der Waals surface area contributed by atoms with Gasteiger partial charge in [-0.25, -0.2) is 0 Å². The van der Waals surface area contributed by atoms with Crippen LogP contribution in [-0.2, 0) is 9.59 Å². The molecule has 256 valence electrons. The van der Waals surface area contributed by atoms with Crippen LogP contribution in [0, 0.1) is 13.8 Å². The van der Waals surface area contributed by atoms with E-state index in [1.165, 1.54) is 15.6 Å². The van der Waals surface area contributed by atoms with Gasteiger partial charge in [-0.1, -0.05) is 75.5 Å². The van der Waals surface area contributed by atoms with Gasteiger partial charge in [-0.2, -0.15) is 0 Å². The first-order valence-electron chi connectivity index (χ1n) is 16.3. The van der Waals surface area contributed by atoms with Crippen molar-refractivity contribution in [2.75, 3.05) is 21.7 Å². The minimum atomic E-state index is 0.207. The number of halogens is 3. The molecule has 0 spiro atoms. The van der Waals surface area contributed by atoms with Crippen LogP contribution in [0.2, 0.25) is 10.0 Å². The molecule has 0 saturated carbocycles. The van der Waals surface area contributed by atoms with Crippen molar-refractivity contribution in [1.82, 2.24) is 0 Å². The molecule has 0 fully saturated rings. The number of nitrogen functional groups attached to an aromatic ring is 1. The first-order valence-corrected chi connectivity index (χ1v) is 17.9. The quantitative estimate of drug-likeness (QED) is 0.146. The number of carbonyl (C=O) groups excluding carboxylic acids is 2. The van der Waals surface area contributed by atoms with Crippen molar-refractivity contribution in [2.24, 2.45) is 0 Å². The summed E-state index contributed by atoms with van der Waals surface area (Å²) in [6.07, 6.45) is 4.81. The Morgan fingerprint density at radius 3 is 1.63 bits per heavy atom. The van der Waals surface area contributed by atoms with Crippen LogP contribution in [0.1, 0.15) is 63.5 Å². The lowest BCUT2D eigenvalue weighted by Crippen LogP contribution is -2.14. The van der Waals surface area contributed by atoms with Gasteiger partial charge >= 0.3 is 0 Å². The molecule has 6 nitrogen and oxygen atoms in total. The lowest BCUT2D eigenvalue weighted by Gasteiger charge is -2.20. The molecule has 0 aliphatic heterocycles. The molecule has 6 rings (SSSR count). The summed E-state index contributed by atoms with van der Waals surface area (Å²) in [5.74, 6) is 0.424. The average molecular weight is 763 g/mol. The molecule has 9 heteroatoms. The Morgan fingerprint density at radius 1 is 0.592 bits per heavy atom. The van der Waals surface area contributed by atoms with Crippen molar-refractivity contribution < 1.29 is 9.59 Å². The SMILES string of the molecule is CC1=C(Nc2cc(N)ccc2Cl)CCCC1=O.CC1=C(Nc2cc(Nc3ccccc3C)ccc2Cl)CCCC1=O.Cc1ccccc1Br. The van der Waals surface area contributed by atoms with Gasteiger partial charge in [-0.15, -0.1) is 0 Å². The molecule has 2 aliphatic carbocycles. The van der Waals surface area contributed by atoms with Crippen molar-refractivity contribution in [1.29, 1.82) is 0 Å². The van der Waals surface area contributed by atoms with E-state index >= 15 is 0 Å². The number of hydrogen-bond donors (Lipinski definition) is 4. The van der Waals surface area contributed by atoms with E-state index in [0.29, 0.717) is 28.6 Å². The minimum absolute atomic E-state index is 0.207. The van der Waals surface area contributed by atoms with Gasteiger partial charge in [0.1, 0.15) is 0 Å². The number of carbonyl (C=O) groups is 2. The molecular formula is C40H43BrCl2N4O2. The third kappa shape index (κ3) is 11.0. The van der Waals surface area contributed by atoms with Crippen LogP contribution in [0.15, 0.2) is 112 Å². The Morgan fingerprint density at radius 2 is 1.10 bits per heavy atom. The summed E-state index contributed by atoms with van der Waals surface area (Å²) in [6, 6.07) is 27.4. The van der Waals surface area contributed by atoms with Gasteiger partial charge in [0, 0.05) is 56.9 Å². The molecule has 0 amide bonds. The normalized spacial score (nSPS) is 14.3. The molecule has 4 aromatic rings. The van der Waals surface area contributed by atoms with Crippen LogP contribution in [0.5, 0.6) is 0 Å². The lowest BCUT2D eigenvalue weighted by molar-refractivity contribution is -0.116. The van der Waals surface area contributed by atoms with E-state index in [1.807, 2.05) is 68.4 Å². The number of ketones is 2. The highest BCUT2D eigenvalue weighted by atomic mass is 79.9. The van der Waals surface area contributed by atoms with Gasteiger partial charge in [-0.3, -0.25) is 9.59 Å². The van der Waals surface area contributed by atoms with Crippen LogP contribution < -0.4 is 21.7 Å². The molecule has 0 heterocycles. The molecule has 0 bridgehead atoms. The maximum atomic E-state index is 11.9. The molecule has 0 unspecified atom stereocenters. The van der Waals surface area contributed by atoms with E-state index in [4.69, 9.17) is 28.9 Å². The Balaban J connectivity index is 0.000000187. The van der Waals surface area contributed by atoms with E-state index in [0.717, 1.165) is 71.0 Å². The van der Waals surface area contributed by atoms with E-state index < -0.39 is 0 Å². The second kappa shape index (κ2) is 18.1. The maximum absolute atomic E-state index is 11.9. The predicted molar refractivity (Wildman–Crippen MR) is 211 cm³/mol. The van der Waals surface area contributed by atoms with Crippen molar-refractivity contribution in [2.45, 2.75) is 66.2 Å². The van der Waals surface area contributed by atoms with Gasteiger partial charge in [0.2, 0.25) is 0 Å². The zero-order chi connectivity index (χ0) is 35.5. The molecule has 5 N–H and O–H groups in total. The topological polar surface area (TPSA) is 96.2 Å². The average Bonchev–Trinajstić information content (AvgIpc) is 3.08. The monoisotopic (exact) mass is 760 g/mol. The lowest BCUT2D eigenvalue weighted by atomic mass is 9.96. The summed E-state index contributed by atoms with van der Waals surface area (Å²) < 4.78 is 1.18. The number of para-hydroxylation sites is 1. The predicted octanol–water partition coefficient (Wildman–Crippen LogP) is 11.9. The molecule has 0 aromatic heterocycles. The Hall–Kier alpha value is -4.04. The number of aryl methyl sites for hydroxylation is 2. The van der Waals surface area contributed by atoms with Crippen LogP contribution in [0.4, 0.5) is 28.4 Å². The van der Waals surface area contributed by atoms with Crippen LogP contribution >= 0.6 is 39.1 Å². The molecule has 4 aromatic carbocycles. The van der Waals surface area contributed by atoms with E-state index in [9.17, 15) is 9.59 Å². The van der Waals surface area contributed by atoms with Gasteiger partial charge in [0.15, 0.2) is 11.6 Å². The van der Waals surface area contributed by atoms with E-state index in [2.05, 4.69) is 57.9 Å². The summed E-state index contributed by atoms with van der Waals surface area (Å²) >= 11 is 15.8. The second-order valence-corrected chi connectivity index (χ2v) is 13.8. The third-order valence-electron chi connectivity index (χ3n) is 8.43. The van der Waals surface area contributed by atoms with Crippen molar-refractivity contribution in [3.63, 3.8) is 0 Å². The second-order valence-electron chi connectivity index (χ2n) is 12.1. The molecular weight excluding hydrogens is 719 g/mol. The molecule has 49 heavy (non-hydrogen) atoms. The Kier molecular flexibility index (Phi) is 13.9. The largest absolute Gasteiger partial charge is 0.399 e. The standard InChI is InChI=1S/C20H21ClN2O.C13H15ClN2O.C7H7Br/c1-13-6-3-4-7-17(13)22-15-10-11-16(21)19(12-15)23-18-8-5-9-20(24)14(18)2;1-8-11(3-2-4-13(8)17)16-12-7-9(15)5-6-10(12)14;1-6-4-2-3-5-7(6)8/h3-4,6-7,10-12,22-23H,5,8-9H2,1-2H3;5-7,16H,2-4,15H2,1H3;2-5H,1H3. The highest BCUT2D eigenvalue weighted by Crippen LogP contribution is 2.32. The zero-order valence-corrected chi connectivity index (χ0v) is 31.5. The van der Waals surface area contributed by atoms with Gasteiger partial charge < -0.3 is 21.7 Å². The van der Waals surface area contributed by atoms with Gasteiger partial charge in [0.05, 0.1) is 21.4 Å². The first kappa shape index (κ1) is 37.8. The van der Waals surface area contributed by atoms with Gasteiger partial charge in [0.25, 0.3) is 0 Å². The fraction of sp³-hybridized carbons (Fsp3) is 0.250. The highest BCUT2D eigenvalue weighted by Gasteiger charge is 2.18. The van der Waals surface area contributed by atoms with Crippen LogP contribution in [0.3, 0.4) is 0 Å².